The predicted molar refractivity (Wildman–Crippen MR) is 89.6 cm³/mol. The topological polar surface area (TPSA) is 80.3 Å². The van der Waals surface area contributed by atoms with Gasteiger partial charge < -0.3 is 0 Å². The number of pyridine rings is 3. The maximum atomic E-state index is 13.0. The Hall–Kier alpha value is -3.80. The number of aromatic nitrogens is 5. The molecular weight excluding hydrogens is 357 g/mol. The van der Waals surface area contributed by atoms with Gasteiger partial charge in [-0.05, 0) is 30.3 Å². The molecule has 0 saturated carbocycles. The minimum Gasteiger partial charge on any atom is -0.274 e. The highest BCUT2D eigenvalue weighted by molar-refractivity contribution is 5.79. The van der Waals surface area contributed by atoms with Crippen LogP contribution in [0.25, 0.3) is 28.4 Å². The van der Waals surface area contributed by atoms with Crippen molar-refractivity contribution in [3.05, 3.63) is 66.2 Å². The van der Waals surface area contributed by atoms with Gasteiger partial charge in [-0.25, -0.2) is 9.97 Å². The number of fused-ring (bicyclic) bond motifs is 1. The van der Waals surface area contributed by atoms with Gasteiger partial charge in [0.1, 0.15) is 17.3 Å². The number of rotatable bonds is 2. The van der Waals surface area contributed by atoms with Crippen molar-refractivity contribution < 1.29 is 13.2 Å². The van der Waals surface area contributed by atoms with Crippen molar-refractivity contribution in [3.8, 4) is 23.3 Å². The van der Waals surface area contributed by atoms with E-state index in [0.717, 1.165) is 12.3 Å². The van der Waals surface area contributed by atoms with Gasteiger partial charge in [0.05, 0.1) is 23.0 Å². The van der Waals surface area contributed by atoms with Crippen LogP contribution in [0.3, 0.4) is 0 Å². The molecule has 0 aliphatic heterocycles. The van der Waals surface area contributed by atoms with E-state index in [9.17, 15) is 13.2 Å². The Morgan fingerprint density at radius 3 is 2.52 bits per heavy atom. The molecule has 4 aromatic rings. The summed E-state index contributed by atoms with van der Waals surface area (Å²) in [6.45, 7) is 0. The first-order chi connectivity index (χ1) is 13.0. The Balaban J connectivity index is 1.99. The van der Waals surface area contributed by atoms with Crippen molar-refractivity contribution in [1.82, 2.24) is 24.5 Å². The van der Waals surface area contributed by atoms with E-state index in [1.807, 2.05) is 6.07 Å². The molecule has 0 unspecified atom stereocenters. The molecule has 0 aliphatic carbocycles. The third kappa shape index (κ3) is 2.97. The minimum absolute atomic E-state index is 0.0786. The summed E-state index contributed by atoms with van der Waals surface area (Å²) in [5.74, 6) is 0.300. The van der Waals surface area contributed by atoms with Crippen LogP contribution in [0.2, 0.25) is 0 Å². The van der Waals surface area contributed by atoms with Crippen LogP contribution in [0.5, 0.6) is 0 Å². The molecule has 0 fully saturated rings. The second-order valence-corrected chi connectivity index (χ2v) is 5.59. The van der Waals surface area contributed by atoms with Crippen LogP contribution >= 0.6 is 0 Å². The molecule has 0 atom stereocenters. The Morgan fingerprint density at radius 1 is 1.04 bits per heavy atom. The van der Waals surface area contributed by atoms with E-state index in [0.29, 0.717) is 22.8 Å². The van der Waals surface area contributed by atoms with Crippen LogP contribution < -0.4 is 0 Å². The molecule has 0 amide bonds. The van der Waals surface area contributed by atoms with Crippen LogP contribution in [0.15, 0.2) is 55.1 Å². The smallest absolute Gasteiger partial charge is 0.274 e. The maximum Gasteiger partial charge on any atom is 0.417 e. The van der Waals surface area contributed by atoms with Gasteiger partial charge in [-0.15, -0.1) is 0 Å². The molecule has 0 bridgehead atoms. The van der Waals surface area contributed by atoms with Crippen molar-refractivity contribution >= 4 is 11.2 Å². The maximum absolute atomic E-state index is 13.0. The van der Waals surface area contributed by atoms with Crippen molar-refractivity contribution in [2.75, 3.05) is 0 Å². The zero-order chi connectivity index (χ0) is 19.0. The Kier molecular flexibility index (Phi) is 3.81. The number of nitrogens with zero attached hydrogens (tertiary/aromatic N) is 6. The van der Waals surface area contributed by atoms with Crippen LogP contribution in [0, 0.1) is 11.3 Å². The quantitative estimate of drug-likeness (QED) is 0.539. The molecule has 9 heteroatoms. The molecule has 0 aliphatic rings. The SMILES string of the molecule is N#Cc1ccc(-c2nc3cc(C(F)(F)F)cnc3n2-c2cccnc2)nc1. The zero-order valence-electron chi connectivity index (χ0n) is 13.5. The second-order valence-electron chi connectivity index (χ2n) is 5.59. The fourth-order valence-corrected chi connectivity index (χ4v) is 2.61. The third-order valence-electron chi connectivity index (χ3n) is 3.85. The van der Waals surface area contributed by atoms with Gasteiger partial charge in [-0.3, -0.25) is 14.5 Å². The van der Waals surface area contributed by atoms with Crippen LogP contribution in [-0.2, 0) is 6.18 Å². The van der Waals surface area contributed by atoms with Gasteiger partial charge in [0.25, 0.3) is 0 Å². The van der Waals surface area contributed by atoms with Crippen molar-refractivity contribution in [2.24, 2.45) is 0 Å². The van der Waals surface area contributed by atoms with Gasteiger partial charge in [0.15, 0.2) is 11.5 Å². The summed E-state index contributed by atoms with van der Waals surface area (Å²) in [5, 5.41) is 8.92. The van der Waals surface area contributed by atoms with E-state index < -0.39 is 11.7 Å². The molecule has 0 radical (unpaired) electrons. The summed E-state index contributed by atoms with van der Waals surface area (Å²) in [6.07, 6.45) is 0.751. The summed E-state index contributed by atoms with van der Waals surface area (Å²) in [5.41, 5.74) is 0.773. The molecule has 0 aromatic carbocycles. The van der Waals surface area contributed by atoms with Crippen molar-refractivity contribution in [3.63, 3.8) is 0 Å². The first kappa shape index (κ1) is 16.7. The molecule has 132 valence electrons. The standard InChI is InChI=1S/C18H9F3N6/c19-18(20,21)12-6-15-16(25-9-12)27(13-2-1-5-23-10-13)17(26-15)14-4-3-11(7-22)8-24-14/h1-6,8-10H. The van der Waals surface area contributed by atoms with Crippen molar-refractivity contribution in [2.45, 2.75) is 6.18 Å². The lowest BCUT2D eigenvalue weighted by Crippen LogP contribution is -2.06. The summed E-state index contributed by atoms with van der Waals surface area (Å²) >= 11 is 0. The van der Waals surface area contributed by atoms with E-state index in [1.54, 1.807) is 41.2 Å². The van der Waals surface area contributed by atoms with Gasteiger partial charge in [0.2, 0.25) is 0 Å². The largest absolute Gasteiger partial charge is 0.417 e. The lowest BCUT2D eigenvalue weighted by Gasteiger charge is -2.08. The van der Waals surface area contributed by atoms with Crippen LogP contribution in [-0.4, -0.2) is 24.5 Å². The highest BCUT2D eigenvalue weighted by Gasteiger charge is 2.32. The number of nitriles is 1. The van der Waals surface area contributed by atoms with Gasteiger partial charge in [-0.1, -0.05) is 0 Å². The summed E-state index contributed by atoms with van der Waals surface area (Å²) in [4.78, 5) is 16.5. The van der Waals surface area contributed by atoms with Crippen LogP contribution in [0.4, 0.5) is 13.2 Å². The lowest BCUT2D eigenvalue weighted by molar-refractivity contribution is -0.137. The first-order valence-corrected chi connectivity index (χ1v) is 7.70. The second kappa shape index (κ2) is 6.17. The average Bonchev–Trinajstić information content (AvgIpc) is 3.06. The predicted octanol–water partition coefficient (Wildman–Crippen LogP) is 3.77. The molecular formula is C18H9F3N6. The fourth-order valence-electron chi connectivity index (χ4n) is 2.61. The van der Waals surface area contributed by atoms with Crippen molar-refractivity contribution in [1.29, 1.82) is 5.26 Å². The number of hydrogen-bond donors (Lipinski definition) is 0. The van der Waals surface area contributed by atoms with Gasteiger partial charge in [-0.2, -0.15) is 18.4 Å². The number of halogens is 3. The van der Waals surface area contributed by atoms with E-state index in [4.69, 9.17) is 5.26 Å². The molecule has 4 rings (SSSR count). The van der Waals surface area contributed by atoms with Crippen LogP contribution in [0.1, 0.15) is 11.1 Å². The highest BCUT2D eigenvalue weighted by atomic mass is 19.4. The monoisotopic (exact) mass is 366 g/mol. The minimum atomic E-state index is -4.52. The lowest BCUT2D eigenvalue weighted by atomic mass is 10.2. The molecule has 6 nitrogen and oxygen atoms in total. The number of imidazole rings is 1. The first-order valence-electron chi connectivity index (χ1n) is 7.70. The van der Waals surface area contributed by atoms with E-state index in [-0.39, 0.29) is 11.2 Å². The average molecular weight is 366 g/mol. The summed E-state index contributed by atoms with van der Waals surface area (Å²) in [7, 11) is 0. The number of hydrogen-bond acceptors (Lipinski definition) is 5. The van der Waals surface area contributed by atoms with E-state index >= 15 is 0 Å². The fraction of sp³-hybridized carbons (Fsp3) is 0.0556. The zero-order valence-corrected chi connectivity index (χ0v) is 13.5. The Morgan fingerprint density at radius 2 is 1.89 bits per heavy atom. The highest BCUT2D eigenvalue weighted by Crippen LogP contribution is 2.32. The third-order valence-corrected chi connectivity index (χ3v) is 3.85. The Bertz CT molecular complexity index is 1160. The molecule has 4 heterocycles. The molecule has 27 heavy (non-hydrogen) atoms. The normalized spacial score (nSPS) is 11.5. The molecule has 0 saturated heterocycles. The Labute approximate surface area is 150 Å². The van der Waals surface area contributed by atoms with Gasteiger partial charge >= 0.3 is 6.18 Å². The number of alkyl halides is 3. The summed E-state index contributed by atoms with van der Waals surface area (Å²) < 4.78 is 40.7. The molecule has 0 N–H and O–H groups in total. The molecule has 0 spiro atoms. The van der Waals surface area contributed by atoms with Gasteiger partial charge in [0, 0.05) is 18.6 Å². The molecule has 4 aromatic heterocycles. The van der Waals surface area contributed by atoms with E-state index in [1.165, 1.54) is 6.20 Å². The summed E-state index contributed by atoms with van der Waals surface area (Å²) in [6, 6.07) is 9.48. The van der Waals surface area contributed by atoms with E-state index in [2.05, 4.69) is 19.9 Å².